The van der Waals surface area contributed by atoms with E-state index in [1.54, 1.807) is 6.20 Å². The van der Waals surface area contributed by atoms with E-state index in [0.29, 0.717) is 50.9 Å². The molecule has 12 heteroatoms. The summed E-state index contributed by atoms with van der Waals surface area (Å²) in [6.07, 6.45) is 6.55. The van der Waals surface area contributed by atoms with Gasteiger partial charge in [-0.1, -0.05) is 26.7 Å². The highest BCUT2D eigenvalue weighted by Crippen LogP contribution is 2.21. The minimum absolute atomic E-state index is 0.121. The first-order valence-corrected chi connectivity index (χ1v) is 12.3. The van der Waals surface area contributed by atoms with Crippen LogP contribution >= 0.6 is 0 Å². The molecule has 5 unspecified atom stereocenters. The molecule has 196 valence electrons. The number of nitrogens with zero attached hydrogens (tertiary/aromatic N) is 2. The molecule has 2 rings (SSSR count). The molecule has 12 nitrogen and oxygen atoms in total. The molecular weight excluding hydrogens is 454 g/mol. The summed E-state index contributed by atoms with van der Waals surface area (Å²) in [6, 6.07) is -3.63. The average Bonchev–Trinajstić information content (AvgIpc) is 3.53. The van der Waals surface area contributed by atoms with Crippen LogP contribution in [0, 0.1) is 5.92 Å². The fourth-order valence-electron chi connectivity index (χ4n) is 4.15. The summed E-state index contributed by atoms with van der Waals surface area (Å²) in [5, 5.41) is 15.0. The minimum Gasteiger partial charge on any atom is -0.480 e. The number of carboxylic acids is 1. The van der Waals surface area contributed by atoms with Gasteiger partial charge in [0.15, 0.2) is 0 Å². The summed E-state index contributed by atoms with van der Waals surface area (Å²) in [7, 11) is 0. The van der Waals surface area contributed by atoms with Crippen LogP contribution in [0.5, 0.6) is 0 Å². The van der Waals surface area contributed by atoms with E-state index in [4.69, 9.17) is 11.5 Å². The van der Waals surface area contributed by atoms with Crippen molar-refractivity contribution in [1.29, 1.82) is 0 Å². The van der Waals surface area contributed by atoms with E-state index in [9.17, 15) is 24.3 Å². The Labute approximate surface area is 205 Å². The average molecular weight is 494 g/mol. The third-order valence-corrected chi connectivity index (χ3v) is 6.52. The lowest BCUT2D eigenvalue weighted by Crippen LogP contribution is -2.59. The topological polar surface area (TPSA) is 197 Å². The number of carboxylic acid groups (broad SMARTS) is 1. The first-order chi connectivity index (χ1) is 16.7. The number of nitrogens with one attached hydrogen (secondary N) is 3. The van der Waals surface area contributed by atoms with Gasteiger partial charge < -0.3 is 37.1 Å². The van der Waals surface area contributed by atoms with Crippen LogP contribution in [0.2, 0.25) is 0 Å². The molecule has 5 atom stereocenters. The van der Waals surface area contributed by atoms with Crippen molar-refractivity contribution in [3.63, 3.8) is 0 Å². The number of rotatable bonds is 14. The molecule has 1 aliphatic rings. The molecular formula is C23H39N7O5. The van der Waals surface area contributed by atoms with Gasteiger partial charge in [0.05, 0.1) is 12.4 Å². The van der Waals surface area contributed by atoms with Crippen molar-refractivity contribution in [2.45, 2.75) is 83.0 Å². The van der Waals surface area contributed by atoms with Crippen LogP contribution in [0.3, 0.4) is 0 Å². The van der Waals surface area contributed by atoms with Gasteiger partial charge in [-0.2, -0.15) is 0 Å². The second-order valence-electron chi connectivity index (χ2n) is 9.13. The van der Waals surface area contributed by atoms with Crippen LogP contribution in [0.4, 0.5) is 0 Å². The van der Waals surface area contributed by atoms with Gasteiger partial charge in [-0.15, -0.1) is 0 Å². The molecule has 0 aromatic carbocycles. The molecule has 0 bridgehead atoms. The van der Waals surface area contributed by atoms with Crippen LogP contribution in [0.15, 0.2) is 12.5 Å². The number of aromatic nitrogens is 2. The van der Waals surface area contributed by atoms with Crippen LogP contribution in [0.1, 0.15) is 58.1 Å². The molecule has 0 saturated carbocycles. The first kappa shape index (κ1) is 28.2. The Hall–Kier alpha value is -2.99. The van der Waals surface area contributed by atoms with E-state index in [2.05, 4.69) is 20.6 Å². The molecule has 1 aromatic heterocycles. The quantitative estimate of drug-likeness (QED) is 0.186. The maximum atomic E-state index is 13.3. The van der Waals surface area contributed by atoms with Gasteiger partial charge in [0.1, 0.15) is 18.1 Å². The largest absolute Gasteiger partial charge is 0.480 e. The maximum absolute atomic E-state index is 13.3. The monoisotopic (exact) mass is 493 g/mol. The van der Waals surface area contributed by atoms with Crippen LogP contribution in [-0.4, -0.2) is 80.9 Å². The highest BCUT2D eigenvalue weighted by molar-refractivity contribution is 5.94. The molecule has 3 amide bonds. The molecule has 2 heterocycles. The smallest absolute Gasteiger partial charge is 0.326 e. The van der Waals surface area contributed by atoms with Gasteiger partial charge in [-0.05, 0) is 38.1 Å². The predicted molar refractivity (Wildman–Crippen MR) is 129 cm³/mol. The summed E-state index contributed by atoms with van der Waals surface area (Å²) >= 11 is 0. The van der Waals surface area contributed by atoms with Crippen molar-refractivity contribution in [2.24, 2.45) is 17.4 Å². The van der Waals surface area contributed by atoms with Gasteiger partial charge in [-0.3, -0.25) is 14.4 Å². The number of carbonyl (C=O) groups is 4. The summed E-state index contributed by atoms with van der Waals surface area (Å²) in [4.78, 5) is 59.2. The third-order valence-electron chi connectivity index (χ3n) is 6.52. The predicted octanol–water partition coefficient (Wildman–Crippen LogP) is -0.500. The third kappa shape index (κ3) is 8.03. The lowest BCUT2D eigenvalue weighted by Gasteiger charge is -2.31. The molecule has 0 radical (unpaired) electrons. The van der Waals surface area contributed by atoms with Crippen LogP contribution in [-0.2, 0) is 25.6 Å². The molecule has 1 saturated heterocycles. The van der Waals surface area contributed by atoms with E-state index in [0.717, 1.165) is 6.42 Å². The fourth-order valence-corrected chi connectivity index (χ4v) is 4.15. The Bertz CT molecular complexity index is 847. The Balaban J connectivity index is 2.18. The number of aliphatic carboxylic acids is 1. The molecule has 35 heavy (non-hydrogen) atoms. The number of nitrogens with two attached hydrogens (primary N) is 2. The van der Waals surface area contributed by atoms with Crippen LogP contribution < -0.4 is 22.1 Å². The van der Waals surface area contributed by atoms with Gasteiger partial charge in [-0.25, -0.2) is 9.78 Å². The first-order valence-electron chi connectivity index (χ1n) is 12.3. The van der Waals surface area contributed by atoms with Crippen molar-refractivity contribution in [3.8, 4) is 0 Å². The Morgan fingerprint density at radius 3 is 2.60 bits per heavy atom. The highest BCUT2D eigenvalue weighted by Gasteiger charge is 2.40. The zero-order valence-electron chi connectivity index (χ0n) is 20.5. The van der Waals surface area contributed by atoms with E-state index < -0.39 is 47.9 Å². The standard InChI is InChI=1S/C23H39N7O5/c1-3-14(2)19(22(33)30-10-6-8-18(30)23(34)35)29-21(32)17(11-15-12-26-13-27-15)28-20(31)16(25)7-4-5-9-24/h12-14,16-19H,3-11,24-25H2,1-2H3,(H,26,27)(H,28,31)(H,29,32)(H,34,35). The Morgan fingerprint density at radius 1 is 1.26 bits per heavy atom. The second-order valence-corrected chi connectivity index (χ2v) is 9.13. The molecule has 1 aliphatic heterocycles. The van der Waals surface area contributed by atoms with Crippen molar-refractivity contribution in [3.05, 3.63) is 18.2 Å². The number of aromatic amines is 1. The Kier molecular flexibility index (Phi) is 11.1. The van der Waals surface area contributed by atoms with E-state index >= 15 is 0 Å². The minimum atomic E-state index is -1.06. The summed E-state index contributed by atoms with van der Waals surface area (Å²) in [6.45, 7) is 4.54. The number of hydrogen-bond acceptors (Lipinski definition) is 7. The normalized spacial score (nSPS) is 19.0. The Morgan fingerprint density at radius 2 is 2.00 bits per heavy atom. The van der Waals surface area contributed by atoms with Crippen molar-refractivity contribution in [2.75, 3.05) is 13.1 Å². The number of hydrogen-bond donors (Lipinski definition) is 6. The van der Waals surface area contributed by atoms with Crippen molar-refractivity contribution in [1.82, 2.24) is 25.5 Å². The number of H-pyrrole nitrogens is 1. The van der Waals surface area contributed by atoms with E-state index in [-0.39, 0.29) is 12.3 Å². The summed E-state index contributed by atoms with van der Waals surface area (Å²) < 4.78 is 0. The summed E-state index contributed by atoms with van der Waals surface area (Å²) in [5.41, 5.74) is 12.1. The van der Waals surface area contributed by atoms with E-state index in [1.165, 1.54) is 11.2 Å². The molecule has 1 fully saturated rings. The number of unbranched alkanes of at least 4 members (excludes halogenated alkanes) is 1. The zero-order valence-corrected chi connectivity index (χ0v) is 20.5. The number of carbonyl (C=O) groups excluding carboxylic acids is 3. The number of imidazole rings is 1. The SMILES string of the molecule is CCC(C)C(NC(=O)C(Cc1cnc[nH]1)NC(=O)C(N)CCCCN)C(=O)N1CCCC1C(=O)O. The van der Waals surface area contributed by atoms with Crippen molar-refractivity contribution >= 4 is 23.7 Å². The highest BCUT2D eigenvalue weighted by atomic mass is 16.4. The van der Waals surface area contributed by atoms with Gasteiger partial charge >= 0.3 is 5.97 Å². The second kappa shape index (κ2) is 13.8. The maximum Gasteiger partial charge on any atom is 0.326 e. The number of amides is 3. The molecule has 1 aromatic rings. The van der Waals surface area contributed by atoms with Crippen molar-refractivity contribution < 1.29 is 24.3 Å². The van der Waals surface area contributed by atoms with Gasteiger partial charge in [0.2, 0.25) is 17.7 Å². The summed E-state index contributed by atoms with van der Waals surface area (Å²) in [5.74, 6) is -2.75. The van der Waals surface area contributed by atoms with Crippen LogP contribution in [0.25, 0.3) is 0 Å². The fraction of sp³-hybridized carbons (Fsp3) is 0.696. The lowest BCUT2D eigenvalue weighted by molar-refractivity contribution is -0.150. The molecule has 0 spiro atoms. The zero-order chi connectivity index (χ0) is 26.0. The van der Waals surface area contributed by atoms with Gasteiger partial charge in [0, 0.05) is 24.9 Å². The molecule has 0 aliphatic carbocycles. The lowest BCUT2D eigenvalue weighted by atomic mass is 9.96. The molecule has 8 N–H and O–H groups in total. The van der Waals surface area contributed by atoms with Gasteiger partial charge in [0.25, 0.3) is 0 Å². The number of likely N-dealkylation sites (tertiary alicyclic amines) is 1. The van der Waals surface area contributed by atoms with E-state index in [1.807, 2.05) is 13.8 Å².